The summed E-state index contributed by atoms with van der Waals surface area (Å²) in [4.78, 5) is 23.0. The third kappa shape index (κ3) is 4.33. The van der Waals surface area contributed by atoms with Crippen molar-refractivity contribution >= 4 is 18.1 Å². The van der Waals surface area contributed by atoms with Gasteiger partial charge < -0.3 is 15.2 Å². The highest BCUT2D eigenvalue weighted by Gasteiger charge is 2.28. The molecule has 0 radical (unpaired) electrons. The number of hydrogen-bond donors (Lipinski definition) is 2. The van der Waals surface area contributed by atoms with E-state index in [2.05, 4.69) is 29.6 Å². The van der Waals surface area contributed by atoms with Crippen molar-refractivity contribution in [3.63, 3.8) is 0 Å². The lowest BCUT2D eigenvalue weighted by Crippen LogP contribution is -2.26. The SMILES string of the molecule is O=C(NCC=Cc1ccc(C(=O)O)c(F)c1)OCC1c2ccccc2-c2ccccc21. The number of carbonyl (C=O) groups is 2. The minimum Gasteiger partial charge on any atom is -0.478 e. The van der Waals surface area contributed by atoms with E-state index in [1.165, 1.54) is 12.1 Å². The van der Waals surface area contributed by atoms with Crippen LogP contribution in [0.3, 0.4) is 0 Å². The predicted molar refractivity (Wildman–Crippen MR) is 115 cm³/mol. The third-order valence-corrected chi connectivity index (χ3v) is 5.24. The van der Waals surface area contributed by atoms with Gasteiger partial charge in [-0.25, -0.2) is 14.0 Å². The number of rotatable bonds is 6. The van der Waals surface area contributed by atoms with E-state index in [0.717, 1.165) is 28.3 Å². The molecule has 0 bridgehead atoms. The largest absolute Gasteiger partial charge is 0.478 e. The lowest BCUT2D eigenvalue weighted by atomic mass is 9.98. The average Bonchev–Trinajstić information content (AvgIpc) is 3.09. The average molecular weight is 417 g/mol. The first kappa shape index (κ1) is 20.3. The van der Waals surface area contributed by atoms with Gasteiger partial charge in [0, 0.05) is 12.5 Å². The molecule has 2 N–H and O–H groups in total. The van der Waals surface area contributed by atoms with Gasteiger partial charge in [-0.15, -0.1) is 0 Å². The summed E-state index contributed by atoms with van der Waals surface area (Å²) in [6.45, 7) is 0.421. The van der Waals surface area contributed by atoms with Crippen molar-refractivity contribution in [3.05, 3.63) is 101 Å². The van der Waals surface area contributed by atoms with Crippen LogP contribution in [0.1, 0.15) is 33.0 Å². The number of fused-ring (bicyclic) bond motifs is 3. The summed E-state index contributed by atoms with van der Waals surface area (Å²) in [6, 6.07) is 20.0. The first-order valence-electron chi connectivity index (χ1n) is 9.83. The second-order valence-electron chi connectivity index (χ2n) is 7.15. The molecule has 1 aliphatic rings. The van der Waals surface area contributed by atoms with E-state index in [-0.39, 0.29) is 24.6 Å². The van der Waals surface area contributed by atoms with Crippen LogP contribution in [0, 0.1) is 5.82 Å². The maximum absolute atomic E-state index is 13.7. The maximum atomic E-state index is 13.7. The highest BCUT2D eigenvalue weighted by atomic mass is 19.1. The molecule has 0 spiro atoms. The second-order valence-corrected chi connectivity index (χ2v) is 7.15. The van der Waals surface area contributed by atoms with Gasteiger partial charge in [0.25, 0.3) is 0 Å². The number of carbonyl (C=O) groups excluding carboxylic acids is 1. The summed E-state index contributed by atoms with van der Waals surface area (Å²) < 4.78 is 19.1. The Kier molecular flexibility index (Phi) is 5.80. The van der Waals surface area contributed by atoms with Crippen LogP contribution in [-0.2, 0) is 4.74 Å². The summed E-state index contributed by atoms with van der Waals surface area (Å²) in [5.74, 6) is -2.13. The number of carboxylic acids is 1. The molecule has 0 saturated carbocycles. The van der Waals surface area contributed by atoms with Crippen LogP contribution in [0.15, 0.2) is 72.8 Å². The molecule has 3 aromatic carbocycles. The topological polar surface area (TPSA) is 75.6 Å². The van der Waals surface area contributed by atoms with Gasteiger partial charge in [0.05, 0.1) is 5.56 Å². The molecule has 1 aliphatic carbocycles. The molecule has 0 aromatic heterocycles. The number of carboxylic acid groups (broad SMARTS) is 1. The van der Waals surface area contributed by atoms with E-state index >= 15 is 0 Å². The summed E-state index contributed by atoms with van der Waals surface area (Å²) in [5, 5.41) is 11.5. The van der Waals surface area contributed by atoms with Crippen LogP contribution in [0.25, 0.3) is 17.2 Å². The van der Waals surface area contributed by atoms with Gasteiger partial charge in [-0.05, 0) is 39.9 Å². The van der Waals surface area contributed by atoms with Gasteiger partial charge in [-0.2, -0.15) is 0 Å². The quantitative estimate of drug-likeness (QED) is 0.587. The fourth-order valence-corrected chi connectivity index (χ4v) is 3.80. The molecular weight excluding hydrogens is 397 g/mol. The van der Waals surface area contributed by atoms with Crippen molar-refractivity contribution in [2.45, 2.75) is 5.92 Å². The molecule has 0 unspecified atom stereocenters. The van der Waals surface area contributed by atoms with Crippen LogP contribution in [-0.4, -0.2) is 30.3 Å². The molecule has 31 heavy (non-hydrogen) atoms. The first-order valence-corrected chi connectivity index (χ1v) is 9.83. The Hall–Kier alpha value is -3.93. The van der Waals surface area contributed by atoms with Crippen LogP contribution in [0.5, 0.6) is 0 Å². The lowest BCUT2D eigenvalue weighted by Gasteiger charge is -2.14. The highest BCUT2D eigenvalue weighted by molar-refractivity contribution is 5.88. The number of halogens is 1. The number of aromatic carboxylic acids is 1. The number of amides is 1. The molecule has 5 nitrogen and oxygen atoms in total. The van der Waals surface area contributed by atoms with Gasteiger partial charge >= 0.3 is 12.1 Å². The Morgan fingerprint density at radius 3 is 2.26 bits per heavy atom. The van der Waals surface area contributed by atoms with Crippen LogP contribution in [0.4, 0.5) is 9.18 Å². The Bertz CT molecular complexity index is 1130. The molecule has 0 heterocycles. The van der Waals surface area contributed by atoms with E-state index in [0.29, 0.717) is 5.56 Å². The van der Waals surface area contributed by atoms with E-state index < -0.39 is 17.9 Å². The zero-order chi connectivity index (χ0) is 21.8. The van der Waals surface area contributed by atoms with Gasteiger partial charge in [-0.3, -0.25) is 0 Å². The van der Waals surface area contributed by atoms with Gasteiger partial charge in [0.2, 0.25) is 0 Å². The van der Waals surface area contributed by atoms with E-state index in [4.69, 9.17) is 9.84 Å². The first-order chi connectivity index (χ1) is 15.0. The van der Waals surface area contributed by atoms with E-state index in [9.17, 15) is 14.0 Å². The zero-order valence-electron chi connectivity index (χ0n) is 16.5. The molecule has 6 heteroatoms. The Morgan fingerprint density at radius 2 is 1.65 bits per heavy atom. The standard InChI is InChI=1S/C25H20FNO4/c26-23-14-16(11-12-21(23)24(28)29)6-5-13-27-25(30)31-15-22-19-9-3-1-7-17(19)18-8-2-4-10-20(18)22/h1-12,14,22H,13,15H2,(H,27,30)(H,28,29). The maximum Gasteiger partial charge on any atom is 0.407 e. The fourth-order valence-electron chi connectivity index (χ4n) is 3.80. The van der Waals surface area contributed by atoms with Crippen molar-refractivity contribution in [1.29, 1.82) is 0 Å². The third-order valence-electron chi connectivity index (χ3n) is 5.24. The smallest absolute Gasteiger partial charge is 0.407 e. The van der Waals surface area contributed by atoms with E-state index in [1.54, 1.807) is 12.2 Å². The van der Waals surface area contributed by atoms with Crippen LogP contribution >= 0.6 is 0 Å². The number of nitrogens with one attached hydrogen (secondary N) is 1. The summed E-state index contributed by atoms with van der Waals surface area (Å²) in [7, 11) is 0. The number of ether oxygens (including phenoxy) is 1. The molecule has 3 aromatic rings. The predicted octanol–water partition coefficient (Wildman–Crippen LogP) is 5.08. The lowest BCUT2D eigenvalue weighted by molar-refractivity contribution is 0.0691. The van der Waals surface area contributed by atoms with Crippen molar-refractivity contribution in [2.24, 2.45) is 0 Å². The Morgan fingerprint density at radius 1 is 1.00 bits per heavy atom. The molecule has 0 aliphatic heterocycles. The van der Waals surface area contributed by atoms with Crippen molar-refractivity contribution in [2.75, 3.05) is 13.2 Å². The molecule has 156 valence electrons. The normalized spacial score (nSPS) is 12.4. The minimum absolute atomic E-state index is 0.00980. The van der Waals surface area contributed by atoms with Crippen molar-refractivity contribution < 1.29 is 23.8 Å². The molecule has 0 saturated heterocycles. The zero-order valence-corrected chi connectivity index (χ0v) is 16.5. The Balaban J connectivity index is 1.32. The van der Waals surface area contributed by atoms with Crippen molar-refractivity contribution in [3.8, 4) is 11.1 Å². The highest BCUT2D eigenvalue weighted by Crippen LogP contribution is 2.44. The number of alkyl carbamates (subject to hydrolysis) is 1. The molecular formula is C25H20FNO4. The van der Waals surface area contributed by atoms with Gasteiger partial charge in [0.1, 0.15) is 12.4 Å². The van der Waals surface area contributed by atoms with E-state index in [1.807, 2.05) is 24.3 Å². The fraction of sp³-hybridized carbons (Fsp3) is 0.120. The molecule has 0 atom stereocenters. The minimum atomic E-state index is -1.31. The van der Waals surface area contributed by atoms with Crippen LogP contribution in [0.2, 0.25) is 0 Å². The van der Waals surface area contributed by atoms with Gasteiger partial charge in [0.15, 0.2) is 0 Å². The number of hydrogen-bond acceptors (Lipinski definition) is 3. The van der Waals surface area contributed by atoms with Crippen molar-refractivity contribution in [1.82, 2.24) is 5.32 Å². The van der Waals surface area contributed by atoms with Gasteiger partial charge in [-0.1, -0.05) is 66.7 Å². The molecule has 0 fully saturated rings. The summed E-state index contributed by atoms with van der Waals surface area (Å²) >= 11 is 0. The number of benzene rings is 3. The Labute approximate surface area is 178 Å². The van der Waals surface area contributed by atoms with Crippen LogP contribution < -0.4 is 5.32 Å². The molecule has 1 amide bonds. The monoisotopic (exact) mass is 417 g/mol. The molecule has 4 rings (SSSR count). The summed E-state index contributed by atoms with van der Waals surface area (Å²) in [6.07, 6.45) is 2.69. The second kappa shape index (κ2) is 8.83. The summed E-state index contributed by atoms with van der Waals surface area (Å²) in [5.41, 5.74) is 4.73.